The number of guanidine groups is 1. The number of hydrogen-bond donors (Lipinski definition) is 2. The maximum Gasteiger partial charge on any atom is 0.191 e. The second-order valence-electron chi connectivity index (χ2n) is 4.49. The summed E-state index contributed by atoms with van der Waals surface area (Å²) in [4.78, 5) is 4.13. The largest absolute Gasteiger partial charge is 0.489 e. The lowest BCUT2D eigenvalue weighted by Gasteiger charge is -2.19. The first-order valence-corrected chi connectivity index (χ1v) is 7.06. The van der Waals surface area contributed by atoms with Crippen molar-refractivity contribution in [3.8, 4) is 5.75 Å². The van der Waals surface area contributed by atoms with E-state index in [1.165, 1.54) is 12.1 Å². The molecule has 5 heteroatoms. The molecule has 0 spiro atoms. The van der Waals surface area contributed by atoms with E-state index >= 15 is 0 Å². The van der Waals surface area contributed by atoms with Crippen LogP contribution >= 0.6 is 0 Å². The van der Waals surface area contributed by atoms with Crippen molar-refractivity contribution < 1.29 is 9.13 Å². The molecule has 0 aliphatic rings. The number of ether oxygens (including phenoxy) is 1. The Morgan fingerprint density at radius 1 is 1.35 bits per heavy atom. The standard InChI is InChI=1S/C15H24FN3O/c1-4-9-18-15(17-3)19-11-13(5-2)20-14-8-6-7-12(16)10-14/h6-8,10,13H,4-5,9,11H2,1-3H3,(H2,17,18,19). The molecule has 4 nitrogen and oxygen atoms in total. The van der Waals surface area contributed by atoms with Crippen LogP contribution in [0.3, 0.4) is 0 Å². The summed E-state index contributed by atoms with van der Waals surface area (Å²) in [5.41, 5.74) is 0. The first-order valence-electron chi connectivity index (χ1n) is 7.06. The molecule has 0 fully saturated rings. The van der Waals surface area contributed by atoms with E-state index in [0.717, 1.165) is 25.3 Å². The van der Waals surface area contributed by atoms with Crippen LogP contribution in [0, 0.1) is 5.82 Å². The van der Waals surface area contributed by atoms with Crippen molar-refractivity contribution in [2.24, 2.45) is 4.99 Å². The van der Waals surface area contributed by atoms with Crippen LogP contribution in [0.2, 0.25) is 0 Å². The fourth-order valence-corrected chi connectivity index (χ4v) is 1.68. The van der Waals surface area contributed by atoms with Crippen molar-refractivity contribution in [2.45, 2.75) is 32.8 Å². The highest BCUT2D eigenvalue weighted by Gasteiger charge is 2.09. The third kappa shape index (κ3) is 5.91. The van der Waals surface area contributed by atoms with Gasteiger partial charge in [-0.1, -0.05) is 19.9 Å². The van der Waals surface area contributed by atoms with Crippen molar-refractivity contribution >= 4 is 5.96 Å². The number of aliphatic imine (C=N–C) groups is 1. The molecule has 0 bridgehead atoms. The van der Waals surface area contributed by atoms with Gasteiger partial charge in [0.1, 0.15) is 17.7 Å². The number of benzene rings is 1. The van der Waals surface area contributed by atoms with Crippen LogP contribution in [0.4, 0.5) is 4.39 Å². The number of nitrogens with zero attached hydrogens (tertiary/aromatic N) is 1. The third-order valence-corrected chi connectivity index (χ3v) is 2.82. The van der Waals surface area contributed by atoms with Crippen LogP contribution in [-0.4, -0.2) is 32.2 Å². The Labute approximate surface area is 120 Å². The van der Waals surface area contributed by atoms with E-state index in [-0.39, 0.29) is 11.9 Å². The summed E-state index contributed by atoms with van der Waals surface area (Å²) in [5, 5.41) is 6.41. The van der Waals surface area contributed by atoms with Gasteiger partial charge in [0.05, 0.1) is 6.54 Å². The van der Waals surface area contributed by atoms with Gasteiger partial charge in [0.15, 0.2) is 5.96 Å². The molecular weight excluding hydrogens is 257 g/mol. The second-order valence-corrected chi connectivity index (χ2v) is 4.49. The average Bonchev–Trinajstić information content (AvgIpc) is 2.46. The van der Waals surface area contributed by atoms with E-state index in [9.17, 15) is 4.39 Å². The van der Waals surface area contributed by atoms with Gasteiger partial charge in [0.2, 0.25) is 0 Å². The fourth-order valence-electron chi connectivity index (χ4n) is 1.68. The van der Waals surface area contributed by atoms with Crippen molar-refractivity contribution in [2.75, 3.05) is 20.1 Å². The van der Waals surface area contributed by atoms with Crippen LogP contribution in [0.15, 0.2) is 29.3 Å². The highest BCUT2D eigenvalue weighted by Crippen LogP contribution is 2.14. The first kappa shape index (κ1) is 16.3. The Hall–Kier alpha value is -1.78. The van der Waals surface area contributed by atoms with E-state index in [0.29, 0.717) is 12.3 Å². The minimum Gasteiger partial charge on any atom is -0.489 e. The highest BCUT2D eigenvalue weighted by atomic mass is 19.1. The SMILES string of the molecule is CCCNC(=NC)NCC(CC)Oc1cccc(F)c1. The summed E-state index contributed by atoms with van der Waals surface area (Å²) in [7, 11) is 1.74. The number of nitrogens with one attached hydrogen (secondary N) is 2. The minimum absolute atomic E-state index is 0.0306. The smallest absolute Gasteiger partial charge is 0.191 e. The van der Waals surface area contributed by atoms with Gasteiger partial charge in [-0.3, -0.25) is 4.99 Å². The van der Waals surface area contributed by atoms with Gasteiger partial charge in [-0.05, 0) is 25.0 Å². The molecule has 0 aromatic heterocycles. The van der Waals surface area contributed by atoms with E-state index in [2.05, 4.69) is 22.5 Å². The number of rotatable bonds is 7. The Balaban J connectivity index is 2.46. The van der Waals surface area contributed by atoms with Gasteiger partial charge in [0.25, 0.3) is 0 Å². The molecule has 0 aliphatic heterocycles. The molecule has 0 aliphatic carbocycles. The van der Waals surface area contributed by atoms with Crippen LogP contribution < -0.4 is 15.4 Å². The first-order chi connectivity index (χ1) is 9.69. The summed E-state index contributed by atoms with van der Waals surface area (Å²) < 4.78 is 18.9. The van der Waals surface area contributed by atoms with Crippen molar-refractivity contribution in [3.05, 3.63) is 30.1 Å². The summed E-state index contributed by atoms with van der Waals surface area (Å²) in [6.07, 6.45) is 1.84. The summed E-state index contributed by atoms with van der Waals surface area (Å²) >= 11 is 0. The zero-order valence-corrected chi connectivity index (χ0v) is 12.4. The molecule has 0 radical (unpaired) electrons. The molecule has 0 amide bonds. The fraction of sp³-hybridized carbons (Fsp3) is 0.533. The third-order valence-electron chi connectivity index (χ3n) is 2.82. The predicted molar refractivity (Wildman–Crippen MR) is 80.8 cm³/mol. The predicted octanol–water partition coefficient (Wildman–Crippen LogP) is 2.56. The summed E-state index contributed by atoms with van der Waals surface area (Å²) in [6, 6.07) is 6.21. The van der Waals surface area contributed by atoms with Crippen molar-refractivity contribution in [1.29, 1.82) is 0 Å². The topological polar surface area (TPSA) is 45.7 Å². The molecule has 0 saturated heterocycles. The number of halogens is 1. The summed E-state index contributed by atoms with van der Waals surface area (Å²) in [5.74, 6) is 1.02. The van der Waals surface area contributed by atoms with E-state index in [1.54, 1.807) is 19.2 Å². The van der Waals surface area contributed by atoms with E-state index in [1.807, 2.05) is 6.92 Å². The van der Waals surface area contributed by atoms with Gasteiger partial charge in [-0.25, -0.2) is 4.39 Å². The molecular formula is C15H24FN3O. The molecule has 1 rings (SSSR count). The maximum absolute atomic E-state index is 13.1. The molecule has 0 saturated carbocycles. The number of hydrogen-bond acceptors (Lipinski definition) is 2. The molecule has 112 valence electrons. The van der Waals surface area contributed by atoms with Gasteiger partial charge in [0, 0.05) is 19.7 Å². The molecule has 1 atom stereocenters. The molecule has 1 aromatic rings. The van der Waals surface area contributed by atoms with Gasteiger partial charge < -0.3 is 15.4 Å². The average molecular weight is 281 g/mol. The Kier molecular flexibility index (Phi) is 7.47. The van der Waals surface area contributed by atoms with Crippen LogP contribution in [-0.2, 0) is 0 Å². The van der Waals surface area contributed by atoms with Gasteiger partial charge in [-0.15, -0.1) is 0 Å². The van der Waals surface area contributed by atoms with Crippen molar-refractivity contribution in [3.63, 3.8) is 0 Å². The van der Waals surface area contributed by atoms with Crippen molar-refractivity contribution in [1.82, 2.24) is 10.6 Å². The van der Waals surface area contributed by atoms with Crippen LogP contribution in [0.5, 0.6) is 5.75 Å². The minimum atomic E-state index is -0.286. The zero-order valence-electron chi connectivity index (χ0n) is 12.4. The lowest BCUT2D eigenvalue weighted by molar-refractivity contribution is 0.199. The lowest BCUT2D eigenvalue weighted by atomic mass is 10.2. The Bertz CT molecular complexity index is 423. The maximum atomic E-state index is 13.1. The highest BCUT2D eigenvalue weighted by molar-refractivity contribution is 5.79. The molecule has 1 aromatic carbocycles. The second kappa shape index (κ2) is 9.18. The van der Waals surface area contributed by atoms with Gasteiger partial charge in [-0.2, -0.15) is 0 Å². The quantitative estimate of drug-likeness (QED) is 0.596. The zero-order chi connectivity index (χ0) is 14.8. The van der Waals surface area contributed by atoms with Crippen LogP contribution in [0.1, 0.15) is 26.7 Å². The van der Waals surface area contributed by atoms with E-state index < -0.39 is 0 Å². The summed E-state index contributed by atoms with van der Waals surface area (Å²) in [6.45, 7) is 5.63. The molecule has 2 N–H and O–H groups in total. The molecule has 1 unspecified atom stereocenters. The normalized spacial score (nSPS) is 12.9. The molecule has 20 heavy (non-hydrogen) atoms. The Morgan fingerprint density at radius 3 is 2.75 bits per heavy atom. The van der Waals surface area contributed by atoms with Crippen LogP contribution in [0.25, 0.3) is 0 Å². The van der Waals surface area contributed by atoms with E-state index in [4.69, 9.17) is 4.74 Å². The molecule has 0 heterocycles. The monoisotopic (exact) mass is 281 g/mol. The van der Waals surface area contributed by atoms with Gasteiger partial charge >= 0.3 is 0 Å². The lowest BCUT2D eigenvalue weighted by Crippen LogP contribution is -2.42. The Morgan fingerprint density at radius 2 is 2.15 bits per heavy atom.